The number of hydrogen-bond acceptors (Lipinski definition) is 4. The molecule has 1 unspecified atom stereocenters. The number of nitrogens with zero attached hydrogens (tertiary/aromatic N) is 2. The molecule has 1 aromatic carbocycles. The second-order valence-corrected chi connectivity index (χ2v) is 11.0. The fourth-order valence-corrected chi connectivity index (χ4v) is 4.48. The van der Waals surface area contributed by atoms with Crippen molar-refractivity contribution in [1.82, 2.24) is 15.5 Å². The molecule has 1 fully saturated rings. The Labute approximate surface area is 200 Å². The molecule has 0 radical (unpaired) electrons. The molecule has 0 spiro atoms. The maximum atomic E-state index is 11.5. The standard InChI is InChI=1S/C22H38N4O2S.HI/c1-5-23-21(25-18-22(2,3)13-16-29(4,27)28)24-17-20(26-14-9-10-15-26)19-11-7-6-8-12-19;/h6-8,11-12,20H,5,9-10,13-18H2,1-4H3,(H2,23,24,25);1H. The van der Waals surface area contributed by atoms with E-state index in [2.05, 4.69) is 66.6 Å². The highest BCUT2D eigenvalue weighted by atomic mass is 127. The van der Waals surface area contributed by atoms with Gasteiger partial charge in [0, 0.05) is 25.9 Å². The molecule has 8 heteroatoms. The molecule has 2 N–H and O–H groups in total. The van der Waals surface area contributed by atoms with E-state index in [0.29, 0.717) is 19.0 Å². The molecule has 0 amide bonds. The molecule has 1 saturated heterocycles. The number of nitrogens with one attached hydrogen (secondary N) is 2. The van der Waals surface area contributed by atoms with Crippen LogP contribution in [0, 0.1) is 5.41 Å². The molecule has 0 aliphatic carbocycles. The second-order valence-electron chi connectivity index (χ2n) is 8.79. The first-order valence-electron chi connectivity index (χ1n) is 10.7. The molecule has 172 valence electrons. The maximum Gasteiger partial charge on any atom is 0.191 e. The van der Waals surface area contributed by atoms with Crippen molar-refractivity contribution < 1.29 is 8.42 Å². The minimum atomic E-state index is -2.95. The molecule has 1 heterocycles. The van der Waals surface area contributed by atoms with Crippen molar-refractivity contribution in [2.45, 2.75) is 46.1 Å². The van der Waals surface area contributed by atoms with Crippen molar-refractivity contribution in [3.8, 4) is 0 Å². The summed E-state index contributed by atoms with van der Waals surface area (Å²) in [6, 6.07) is 11.0. The lowest BCUT2D eigenvalue weighted by Gasteiger charge is -2.29. The van der Waals surface area contributed by atoms with Gasteiger partial charge in [-0.25, -0.2) is 8.42 Å². The number of likely N-dealkylation sites (tertiary alicyclic amines) is 1. The number of guanidine groups is 1. The van der Waals surface area contributed by atoms with E-state index in [9.17, 15) is 8.42 Å². The van der Waals surface area contributed by atoms with Gasteiger partial charge in [0.1, 0.15) is 9.84 Å². The summed E-state index contributed by atoms with van der Waals surface area (Å²) in [7, 11) is -2.95. The quantitative estimate of drug-likeness (QED) is 0.265. The van der Waals surface area contributed by atoms with Gasteiger partial charge >= 0.3 is 0 Å². The second kappa shape index (κ2) is 12.9. The predicted molar refractivity (Wildman–Crippen MR) is 137 cm³/mol. The van der Waals surface area contributed by atoms with E-state index in [-0.39, 0.29) is 35.1 Å². The zero-order valence-corrected chi connectivity index (χ0v) is 22.0. The molecular formula is C22H39IN4O2S. The number of hydrogen-bond donors (Lipinski definition) is 2. The fourth-order valence-electron chi connectivity index (χ4n) is 3.56. The van der Waals surface area contributed by atoms with Crippen molar-refractivity contribution in [3.63, 3.8) is 0 Å². The topological polar surface area (TPSA) is 73.8 Å². The highest BCUT2D eigenvalue weighted by molar-refractivity contribution is 14.0. The Morgan fingerprint density at radius 1 is 1.17 bits per heavy atom. The SMILES string of the molecule is CCNC(=NCC(C)(C)CCS(C)(=O)=O)NCC(c1ccccc1)N1CCCC1.I. The molecule has 2 rings (SSSR count). The van der Waals surface area contributed by atoms with E-state index in [1.54, 1.807) is 0 Å². The van der Waals surface area contributed by atoms with Gasteiger partial charge in [-0.3, -0.25) is 9.89 Å². The maximum absolute atomic E-state index is 11.5. The lowest BCUT2D eigenvalue weighted by Crippen LogP contribution is -2.43. The molecule has 1 aromatic rings. The zero-order chi connectivity index (χ0) is 21.3. The molecular weight excluding hydrogens is 511 g/mol. The van der Waals surface area contributed by atoms with Crippen LogP contribution in [-0.2, 0) is 9.84 Å². The van der Waals surface area contributed by atoms with E-state index in [4.69, 9.17) is 4.99 Å². The molecule has 6 nitrogen and oxygen atoms in total. The number of aliphatic imine (C=N–C) groups is 1. The van der Waals surface area contributed by atoms with Gasteiger partial charge in [0.15, 0.2) is 5.96 Å². The van der Waals surface area contributed by atoms with Crippen LogP contribution in [0.15, 0.2) is 35.3 Å². The fraction of sp³-hybridized carbons (Fsp3) is 0.682. The monoisotopic (exact) mass is 550 g/mol. The zero-order valence-electron chi connectivity index (χ0n) is 18.9. The highest BCUT2D eigenvalue weighted by Gasteiger charge is 2.24. The van der Waals surface area contributed by atoms with Gasteiger partial charge in [-0.1, -0.05) is 44.2 Å². The van der Waals surface area contributed by atoms with Gasteiger partial charge in [0.05, 0.1) is 11.8 Å². The molecule has 30 heavy (non-hydrogen) atoms. The van der Waals surface area contributed by atoms with E-state index < -0.39 is 9.84 Å². The normalized spacial score (nSPS) is 16.7. The predicted octanol–water partition coefficient (Wildman–Crippen LogP) is 3.46. The summed E-state index contributed by atoms with van der Waals surface area (Å²) in [4.78, 5) is 7.30. The summed E-state index contributed by atoms with van der Waals surface area (Å²) in [5, 5.41) is 6.85. The lowest BCUT2D eigenvalue weighted by atomic mass is 9.90. The van der Waals surface area contributed by atoms with Crippen LogP contribution in [0.2, 0.25) is 0 Å². The van der Waals surface area contributed by atoms with Crippen LogP contribution in [0.1, 0.15) is 51.6 Å². The number of halogens is 1. The summed E-state index contributed by atoms with van der Waals surface area (Å²) < 4.78 is 23.0. The van der Waals surface area contributed by atoms with Gasteiger partial charge in [-0.05, 0) is 50.3 Å². The smallest absolute Gasteiger partial charge is 0.191 e. The number of rotatable bonds is 10. The Morgan fingerprint density at radius 3 is 2.37 bits per heavy atom. The molecule has 0 bridgehead atoms. The van der Waals surface area contributed by atoms with Crippen molar-refractivity contribution in [3.05, 3.63) is 35.9 Å². The third-order valence-corrected chi connectivity index (χ3v) is 6.33. The Kier molecular flexibility index (Phi) is 11.6. The molecule has 1 atom stereocenters. The van der Waals surface area contributed by atoms with Gasteiger partial charge in [0.2, 0.25) is 0 Å². The van der Waals surface area contributed by atoms with Crippen molar-refractivity contribution >= 4 is 39.8 Å². The van der Waals surface area contributed by atoms with Crippen molar-refractivity contribution in [2.24, 2.45) is 10.4 Å². The summed E-state index contributed by atoms with van der Waals surface area (Å²) in [5.41, 5.74) is 1.16. The third-order valence-electron chi connectivity index (χ3n) is 5.39. The van der Waals surface area contributed by atoms with Crippen LogP contribution in [-0.4, -0.2) is 64.0 Å². The first-order chi connectivity index (χ1) is 13.7. The Hall–Kier alpha value is -0.870. The molecule has 0 aromatic heterocycles. The van der Waals surface area contributed by atoms with Crippen molar-refractivity contribution in [2.75, 3.05) is 44.7 Å². The van der Waals surface area contributed by atoms with Crippen LogP contribution in [0.3, 0.4) is 0 Å². The first kappa shape index (κ1) is 27.2. The van der Waals surface area contributed by atoms with Crippen LogP contribution < -0.4 is 10.6 Å². The Balaban J connectivity index is 0.00000450. The number of benzene rings is 1. The van der Waals surface area contributed by atoms with E-state index in [1.165, 1.54) is 24.7 Å². The third kappa shape index (κ3) is 9.96. The number of sulfone groups is 1. The molecule has 0 saturated carbocycles. The van der Waals surface area contributed by atoms with Crippen LogP contribution in [0.5, 0.6) is 0 Å². The summed E-state index contributed by atoms with van der Waals surface area (Å²) in [5.74, 6) is 0.991. The molecule has 1 aliphatic heterocycles. The summed E-state index contributed by atoms with van der Waals surface area (Å²) >= 11 is 0. The minimum Gasteiger partial charge on any atom is -0.357 e. The van der Waals surface area contributed by atoms with E-state index in [1.807, 2.05) is 0 Å². The highest BCUT2D eigenvalue weighted by Crippen LogP contribution is 2.24. The van der Waals surface area contributed by atoms with Crippen LogP contribution in [0.4, 0.5) is 0 Å². The minimum absolute atomic E-state index is 0. The van der Waals surface area contributed by atoms with E-state index in [0.717, 1.165) is 32.1 Å². The Bertz CT molecular complexity index is 748. The Morgan fingerprint density at radius 2 is 1.80 bits per heavy atom. The summed E-state index contributed by atoms with van der Waals surface area (Å²) in [6.45, 7) is 10.6. The van der Waals surface area contributed by atoms with Crippen LogP contribution >= 0.6 is 24.0 Å². The van der Waals surface area contributed by atoms with Crippen LogP contribution in [0.25, 0.3) is 0 Å². The van der Waals surface area contributed by atoms with Gasteiger partial charge in [0.25, 0.3) is 0 Å². The van der Waals surface area contributed by atoms with E-state index >= 15 is 0 Å². The van der Waals surface area contributed by atoms with Gasteiger partial charge in [-0.15, -0.1) is 24.0 Å². The lowest BCUT2D eigenvalue weighted by molar-refractivity contribution is 0.245. The van der Waals surface area contributed by atoms with Gasteiger partial charge in [-0.2, -0.15) is 0 Å². The molecule has 1 aliphatic rings. The van der Waals surface area contributed by atoms with Crippen molar-refractivity contribution in [1.29, 1.82) is 0 Å². The average molecular weight is 551 g/mol. The van der Waals surface area contributed by atoms with Gasteiger partial charge < -0.3 is 10.6 Å². The average Bonchev–Trinajstić information content (AvgIpc) is 3.20. The summed E-state index contributed by atoms with van der Waals surface area (Å²) in [6.07, 6.45) is 4.41. The largest absolute Gasteiger partial charge is 0.357 e. The first-order valence-corrected chi connectivity index (χ1v) is 12.8.